The van der Waals surface area contributed by atoms with Gasteiger partial charge in [0.25, 0.3) is 0 Å². The van der Waals surface area contributed by atoms with E-state index < -0.39 is 12.4 Å². The van der Waals surface area contributed by atoms with Crippen LogP contribution in [0, 0.1) is 0 Å². The quantitative estimate of drug-likeness (QED) is 0.543. The first-order chi connectivity index (χ1) is 15.7. The first-order valence-electron chi connectivity index (χ1n) is 10.6. The summed E-state index contributed by atoms with van der Waals surface area (Å²) in [5, 5.41) is 5.47. The molecule has 0 heterocycles. The van der Waals surface area contributed by atoms with E-state index in [1.54, 1.807) is 31.2 Å². The maximum absolute atomic E-state index is 12.2. The van der Waals surface area contributed by atoms with Gasteiger partial charge in [0.05, 0.1) is 18.3 Å². The second-order valence-electron chi connectivity index (χ2n) is 7.51. The fraction of sp³-hybridized carbons (Fsp3) is 0.391. The maximum atomic E-state index is 12.2. The van der Waals surface area contributed by atoms with Crippen LogP contribution < -0.4 is 20.1 Å². The number of nitrogens with one attached hydrogen (secondary N) is 2. The molecule has 10 heteroatoms. The number of ether oxygens (including phenoxy) is 3. The molecule has 2 aromatic rings. The van der Waals surface area contributed by atoms with Crippen molar-refractivity contribution in [1.82, 2.24) is 5.32 Å². The molecule has 1 aliphatic carbocycles. The van der Waals surface area contributed by atoms with Crippen LogP contribution in [0.15, 0.2) is 48.5 Å². The fourth-order valence-electron chi connectivity index (χ4n) is 3.49. The second-order valence-corrected chi connectivity index (χ2v) is 7.51. The number of benzene rings is 2. The van der Waals surface area contributed by atoms with Gasteiger partial charge in [-0.25, -0.2) is 9.59 Å². The smallest absolute Gasteiger partial charge is 0.490 e. The molecule has 0 unspecified atom stereocenters. The number of alkyl halides is 3. The van der Waals surface area contributed by atoms with Gasteiger partial charge >= 0.3 is 18.4 Å². The normalized spacial score (nSPS) is 18.2. The Bertz CT molecular complexity index is 925. The van der Waals surface area contributed by atoms with E-state index in [0.29, 0.717) is 23.6 Å². The number of hydrogen-bond acceptors (Lipinski definition) is 5. The summed E-state index contributed by atoms with van der Waals surface area (Å²) in [5.41, 5.74) is 0.816. The lowest BCUT2D eigenvalue weighted by molar-refractivity contribution is -0.274. The largest absolute Gasteiger partial charge is 0.573 e. The predicted octanol–water partition coefficient (Wildman–Crippen LogP) is 5.27. The Morgan fingerprint density at radius 1 is 0.939 bits per heavy atom. The van der Waals surface area contributed by atoms with Crippen molar-refractivity contribution in [2.24, 2.45) is 0 Å². The van der Waals surface area contributed by atoms with Crippen molar-refractivity contribution in [2.75, 3.05) is 11.9 Å². The van der Waals surface area contributed by atoms with E-state index in [9.17, 15) is 22.8 Å². The highest BCUT2D eigenvalue weighted by atomic mass is 19.4. The number of hydrogen-bond donors (Lipinski definition) is 2. The minimum atomic E-state index is -4.76. The van der Waals surface area contributed by atoms with Gasteiger partial charge in [0.2, 0.25) is 0 Å². The molecule has 1 fully saturated rings. The summed E-state index contributed by atoms with van der Waals surface area (Å²) in [6, 6.07) is 11.2. The lowest BCUT2D eigenvalue weighted by Crippen LogP contribution is -2.41. The van der Waals surface area contributed by atoms with Crippen LogP contribution in [0.2, 0.25) is 0 Å². The first-order valence-corrected chi connectivity index (χ1v) is 10.6. The van der Waals surface area contributed by atoms with Crippen molar-refractivity contribution in [3.8, 4) is 11.5 Å². The highest BCUT2D eigenvalue weighted by molar-refractivity contribution is 5.90. The van der Waals surface area contributed by atoms with Crippen LogP contribution in [-0.2, 0) is 4.74 Å². The van der Waals surface area contributed by atoms with Crippen LogP contribution in [-0.4, -0.2) is 37.1 Å². The highest BCUT2D eigenvalue weighted by Crippen LogP contribution is 2.26. The van der Waals surface area contributed by atoms with Crippen LogP contribution in [0.25, 0.3) is 0 Å². The molecule has 0 radical (unpaired) electrons. The van der Waals surface area contributed by atoms with Gasteiger partial charge in [-0.2, -0.15) is 0 Å². The van der Waals surface area contributed by atoms with E-state index in [-0.39, 0.29) is 23.9 Å². The summed E-state index contributed by atoms with van der Waals surface area (Å²) in [4.78, 5) is 23.9. The highest BCUT2D eigenvalue weighted by Gasteiger charge is 2.31. The molecule has 2 aromatic carbocycles. The Labute approximate surface area is 189 Å². The van der Waals surface area contributed by atoms with Gasteiger partial charge in [0, 0.05) is 11.7 Å². The number of amides is 2. The van der Waals surface area contributed by atoms with E-state index in [2.05, 4.69) is 15.4 Å². The van der Waals surface area contributed by atoms with Crippen molar-refractivity contribution < 1.29 is 37.0 Å². The number of anilines is 1. The van der Waals surface area contributed by atoms with E-state index >= 15 is 0 Å². The Kier molecular flexibility index (Phi) is 8.02. The average Bonchev–Trinajstić information content (AvgIpc) is 2.76. The Balaban J connectivity index is 1.40. The topological polar surface area (TPSA) is 85.9 Å². The van der Waals surface area contributed by atoms with Gasteiger partial charge in [-0.1, -0.05) is 0 Å². The average molecular weight is 466 g/mol. The Morgan fingerprint density at radius 2 is 1.55 bits per heavy atom. The standard InChI is InChI=1S/C23H25F3N2O5/c1-2-31-21(29)15-3-9-18(10-4-15)32-19-11-5-16(6-12-19)27-22(30)28-17-7-13-20(14-8-17)33-23(24,25)26/h3-4,7-10,13-14,16,19H,2,5-6,11-12H2,1H3,(H2,27,28,30)/t16-,19+. The summed E-state index contributed by atoms with van der Waals surface area (Å²) in [7, 11) is 0. The SMILES string of the molecule is CCOC(=O)c1ccc(O[C@H]2CC[C@@H](NC(=O)Nc3ccc(OC(F)(F)F)cc3)CC2)cc1. The molecule has 1 aliphatic rings. The van der Waals surface area contributed by atoms with Gasteiger partial charge in [-0.15, -0.1) is 13.2 Å². The summed E-state index contributed by atoms with van der Waals surface area (Å²) < 4.78 is 51.3. The molecule has 33 heavy (non-hydrogen) atoms. The van der Waals surface area contributed by atoms with Gasteiger partial charge in [-0.05, 0) is 81.1 Å². The van der Waals surface area contributed by atoms with Crippen LogP contribution in [0.3, 0.4) is 0 Å². The fourth-order valence-corrected chi connectivity index (χ4v) is 3.49. The van der Waals surface area contributed by atoms with E-state index in [4.69, 9.17) is 9.47 Å². The number of carbonyl (C=O) groups is 2. The number of carbonyl (C=O) groups excluding carboxylic acids is 2. The minimum absolute atomic E-state index is 0.000677. The predicted molar refractivity (Wildman–Crippen MR) is 114 cm³/mol. The Morgan fingerprint density at radius 3 is 2.12 bits per heavy atom. The third kappa shape index (κ3) is 7.89. The molecule has 1 saturated carbocycles. The minimum Gasteiger partial charge on any atom is -0.490 e. The second kappa shape index (κ2) is 10.9. The number of halogens is 3. The van der Waals surface area contributed by atoms with Crippen LogP contribution in [0.1, 0.15) is 43.0 Å². The molecule has 0 bridgehead atoms. The number of urea groups is 1. The van der Waals surface area contributed by atoms with Gasteiger partial charge in [0.1, 0.15) is 11.5 Å². The molecule has 0 spiro atoms. The van der Waals surface area contributed by atoms with Crippen molar-refractivity contribution in [1.29, 1.82) is 0 Å². The molecule has 0 aliphatic heterocycles. The summed E-state index contributed by atoms with van der Waals surface area (Å²) in [5.74, 6) is -0.0723. The summed E-state index contributed by atoms with van der Waals surface area (Å²) in [6.45, 7) is 2.06. The van der Waals surface area contributed by atoms with Gasteiger partial charge in [-0.3, -0.25) is 0 Å². The molecular formula is C23H25F3N2O5. The summed E-state index contributed by atoms with van der Waals surface area (Å²) in [6.07, 6.45) is -1.83. The molecule has 0 aromatic heterocycles. The summed E-state index contributed by atoms with van der Waals surface area (Å²) >= 11 is 0. The van der Waals surface area contributed by atoms with Crippen molar-refractivity contribution >= 4 is 17.7 Å². The molecule has 0 saturated heterocycles. The first kappa shape index (κ1) is 24.2. The molecule has 0 atom stereocenters. The Hall–Kier alpha value is -3.43. The van der Waals surface area contributed by atoms with Crippen molar-refractivity contribution in [3.05, 3.63) is 54.1 Å². The third-order valence-corrected chi connectivity index (χ3v) is 5.02. The third-order valence-electron chi connectivity index (χ3n) is 5.02. The lowest BCUT2D eigenvalue weighted by Gasteiger charge is -2.29. The lowest BCUT2D eigenvalue weighted by atomic mass is 9.93. The van der Waals surface area contributed by atoms with E-state index in [1.807, 2.05) is 0 Å². The molecule has 2 N–H and O–H groups in total. The molecule has 3 rings (SSSR count). The van der Waals surface area contributed by atoms with Crippen molar-refractivity contribution in [3.63, 3.8) is 0 Å². The van der Waals surface area contributed by atoms with Crippen LogP contribution in [0.5, 0.6) is 11.5 Å². The zero-order chi connectivity index (χ0) is 23.8. The molecule has 7 nitrogen and oxygen atoms in total. The zero-order valence-corrected chi connectivity index (χ0v) is 18.0. The molecule has 178 valence electrons. The number of esters is 1. The maximum Gasteiger partial charge on any atom is 0.573 e. The van der Waals surface area contributed by atoms with E-state index in [1.165, 1.54) is 12.1 Å². The molecule has 2 amide bonds. The van der Waals surface area contributed by atoms with E-state index in [0.717, 1.165) is 37.8 Å². The number of rotatable bonds is 7. The van der Waals surface area contributed by atoms with Gasteiger partial charge in [0.15, 0.2) is 0 Å². The van der Waals surface area contributed by atoms with Crippen LogP contribution in [0.4, 0.5) is 23.7 Å². The monoisotopic (exact) mass is 466 g/mol. The zero-order valence-electron chi connectivity index (χ0n) is 18.0. The molecular weight excluding hydrogens is 441 g/mol. The van der Waals surface area contributed by atoms with Crippen LogP contribution >= 0.6 is 0 Å². The van der Waals surface area contributed by atoms with Gasteiger partial charge < -0.3 is 24.8 Å². The van der Waals surface area contributed by atoms with Crippen molar-refractivity contribution in [2.45, 2.75) is 51.1 Å².